The maximum absolute atomic E-state index is 13.5. The maximum Gasteiger partial charge on any atom is 0.272 e. The van der Waals surface area contributed by atoms with E-state index in [1.165, 1.54) is 42.6 Å². The lowest BCUT2D eigenvalue weighted by molar-refractivity contribution is -0.116. The first-order valence-electron chi connectivity index (χ1n) is 13.3. The Balaban J connectivity index is 1.31. The molecule has 0 fully saturated rings. The molecule has 8 nitrogen and oxygen atoms in total. The molecule has 3 N–H and O–H groups in total. The molecule has 0 aromatic heterocycles. The summed E-state index contributed by atoms with van der Waals surface area (Å²) in [5, 5.41) is 15.4. The molecule has 0 aliphatic carbocycles. The van der Waals surface area contributed by atoms with Crippen LogP contribution in [0.3, 0.4) is 0 Å². The molecule has 4 aromatic rings. The van der Waals surface area contributed by atoms with Crippen LogP contribution in [0.15, 0.2) is 108 Å². The first kappa shape index (κ1) is 28.5. The van der Waals surface area contributed by atoms with Crippen molar-refractivity contribution >= 4 is 46.9 Å². The number of anilines is 2. The fourth-order valence-electron chi connectivity index (χ4n) is 4.60. The van der Waals surface area contributed by atoms with Crippen LogP contribution in [0.1, 0.15) is 21.5 Å². The Hall–Kier alpha value is -5.02. The third kappa shape index (κ3) is 6.82. The molecule has 1 aliphatic rings. The number of methoxy groups -OCH3 is 1. The van der Waals surface area contributed by atoms with E-state index >= 15 is 0 Å². The predicted octanol–water partition coefficient (Wildman–Crippen LogP) is 5.49. The van der Waals surface area contributed by atoms with Crippen LogP contribution in [-0.2, 0) is 16.0 Å². The lowest BCUT2D eigenvalue weighted by Gasteiger charge is -2.17. The Labute approximate surface area is 248 Å². The molecule has 42 heavy (non-hydrogen) atoms. The molecule has 0 atom stereocenters. The lowest BCUT2D eigenvalue weighted by Crippen LogP contribution is -2.30. The minimum atomic E-state index is -0.554. The fourth-order valence-corrected chi connectivity index (χ4v) is 5.43. The number of benzene rings is 4. The number of para-hydroxylation sites is 1. The van der Waals surface area contributed by atoms with Crippen molar-refractivity contribution in [3.63, 3.8) is 0 Å². The van der Waals surface area contributed by atoms with Crippen LogP contribution in [0.4, 0.5) is 11.4 Å². The fraction of sp³-hybridized carbons (Fsp3) is 0.121. The monoisotopic (exact) mass is 579 g/mol. The molecule has 212 valence electrons. The molecule has 0 bridgehead atoms. The summed E-state index contributed by atoms with van der Waals surface area (Å²) in [5.41, 5.74) is 3.49. The average Bonchev–Trinajstić information content (AvgIpc) is 3.45. The molecule has 5 rings (SSSR count). The zero-order valence-electron chi connectivity index (χ0n) is 22.9. The SMILES string of the molecule is COc1cc(O)ccc1/C=C(\NC(=O)c1ccccc1)C(=O)Nc1cccc(SCC(=O)N2CCc3ccccc32)c1. The Kier molecular flexibility index (Phi) is 8.89. The Morgan fingerprint density at radius 1 is 0.952 bits per heavy atom. The van der Waals surface area contributed by atoms with Gasteiger partial charge in [0, 0.05) is 40.0 Å². The number of ether oxygens (including phenoxy) is 1. The minimum Gasteiger partial charge on any atom is -0.508 e. The first-order chi connectivity index (χ1) is 20.4. The summed E-state index contributed by atoms with van der Waals surface area (Å²) >= 11 is 1.39. The van der Waals surface area contributed by atoms with Crippen LogP contribution in [0.5, 0.6) is 11.5 Å². The number of hydrogen-bond donors (Lipinski definition) is 3. The van der Waals surface area contributed by atoms with E-state index in [1.54, 1.807) is 54.6 Å². The Morgan fingerprint density at radius 2 is 1.74 bits per heavy atom. The topological polar surface area (TPSA) is 108 Å². The summed E-state index contributed by atoms with van der Waals surface area (Å²) in [6, 6.07) is 28.2. The molecule has 9 heteroatoms. The number of phenolic OH excluding ortho intramolecular Hbond substituents is 1. The van der Waals surface area contributed by atoms with E-state index in [9.17, 15) is 19.5 Å². The van der Waals surface area contributed by atoms with Gasteiger partial charge in [0.05, 0.1) is 12.9 Å². The smallest absolute Gasteiger partial charge is 0.272 e. The molecule has 1 aliphatic heterocycles. The van der Waals surface area contributed by atoms with Crippen molar-refractivity contribution in [2.24, 2.45) is 0 Å². The van der Waals surface area contributed by atoms with Gasteiger partial charge in [0.1, 0.15) is 17.2 Å². The van der Waals surface area contributed by atoms with Gasteiger partial charge < -0.3 is 25.4 Å². The van der Waals surface area contributed by atoms with Crippen LogP contribution >= 0.6 is 11.8 Å². The van der Waals surface area contributed by atoms with E-state index in [-0.39, 0.29) is 23.1 Å². The van der Waals surface area contributed by atoms with E-state index in [2.05, 4.69) is 10.6 Å². The third-order valence-corrected chi connectivity index (χ3v) is 7.67. The highest BCUT2D eigenvalue weighted by Gasteiger charge is 2.24. The zero-order valence-corrected chi connectivity index (χ0v) is 23.7. The van der Waals surface area contributed by atoms with Gasteiger partial charge in [-0.25, -0.2) is 0 Å². The van der Waals surface area contributed by atoms with Gasteiger partial charge in [0.2, 0.25) is 5.91 Å². The van der Waals surface area contributed by atoms with Crippen LogP contribution in [0.2, 0.25) is 0 Å². The second-order valence-electron chi connectivity index (χ2n) is 9.50. The summed E-state index contributed by atoms with van der Waals surface area (Å²) in [6.07, 6.45) is 2.33. The van der Waals surface area contributed by atoms with Crippen molar-refractivity contribution in [2.75, 3.05) is 29.6 Å². The second kappa shape index (κ2) is 13.1. The van der Waals surface area contributed by atoms with Gasteiger partial charge in [-0.3, -0.25) is 14.4 Å². The number of thioether (sulfide) groups is 1. The standard InChI is InChI=1S/C33H29N3O5S/c1-41-30-20-26(37)15-14-24(30)18-28(35-32(39)23-9-3-2-4-10-23)33(40)34-25-11-7-12-27(19-25)42-21-31(38)36-17-16-22-8-5-6-13-29(22)36/h2-15,18-20,37H,16-17,21H2,1H3,(H,34,40)(H,35,39)/b28-18-. The molecule has 0 spiro atoms. The number of hydrogen-bond acceptors (Lipinski definition) is 6. The van der Waals surface area contributed by atoms with Gasteiger partial charge in [-0.2, -0.15) is 0 Å². The van der Waals surface area contributed by atoms with E-state index in [1.807, 2.05) is 35.2 Å². The molecule has 0 unspecified atom stereocenters. The molecule has 3 amide bonds. The summed E-state index contributed by atoms with van der Waals surface area (Å²) in [6.45, 7) is 0.671. The van der Waals surface area contributed by atoms with Crippen molar-refractivity contribution in [1.29, 1.82) is 0 Å². The molecule has 0 radical (unpaired) electrons. The van der Waals surface area contributed by atoms with Gasteiger partial charge in [0.25, 0.3) is 11.8 Å². The van der Waals surface area contributed by atoms with Crippen molar-refractivity contribution in [3.8, 4) is 11.5 Å². The Morgan fingerprint density at radius 3 is 2.55 bits per heavy atom. The molecule has 4 aromatic carbocycles. The Bertz CT molecular complexity index is 1650. The van der Waals surface area contributed by atoms with Crippen LogP contribution < -0.4 is 20.3 Å². The minimum absolute atomic E-state index is 0.00468. The van der Waals surface area contributed by atoms with Crippen LogP contribution in [0, 0.1) is 0 Å². The number of carbonyl (C=O) groups is 3. The van der Waals surface area contributed by atoms with Gasteiger partial charge in [-0.1, -0.05) is 42.5 Å². The number of phenols is 1. The highest BCUT2D eigenvalue weighted by molar-refractivity contribution is 8.00. The normalized spacial score (nSPS) is 12.4. The summed E-state index contributed by atoms with van der Waals surface area (Å²) < 4.78 is 5.35. The maximum atomic E-state index is 13.5. The van der Waals surface area contributed by atoms with Crippen LogP contribution in [0.25, 0.3) is 6.08 Å². The first-order valence-corrected chi connectivity index (χ1v) is 14.3. The van der Waals surface area contributed by atoms with Gasteiger partial charge in [-0.05, 0) is 66.6 Å². The quantitative estimate of drug-likeness (QED) is 0.179. The van der Waals surface area contributed by atoms with Crippen LogP contribution in [-0.4, -0.2) is 42.2 Å². The van der Waals surface area contributed by atoms with Gasteiger partial charge >= 0.3 is 0 Å². The van der Waals surface area contributed by atoms with Crippen molar-refractivity contribution < 1.29 is 24.2 Å². The number of aromatic hydroxyl groups is 1. The van der Waals surface area contributed by atoms with E-state index in [0.717, 1.165) is 17.0 Å². The number of fused-ring (bicyclic) bond motifs is 1. The highest BCUT2D eigenvalue weighted by atomic mass is 32.2. The highest BCUT2D eigenvalue weighted by Crippen LogP contribution is 2.30. The summed E-state index contributed by atoms with van der Waals surface area (Å²) in [7, 11) is 1.45. The number of carbonyl (C=O) groups excluding carboxylic acids is 3. The zero-order chi connectivity index (χ0) is 29.5. The largest absolute Gasteiger partial charge is 0.508 e. The van der Waals surface area contributed by atoms with E-state index in [0.29, 0.717) is 29.1 Å². The molecule has 0 saturated carbocycles. The summed E-state index contributed by atoms with van der Waals surface area (Å²) in [4.78, 5) is 42.0. The summed E-state index contributed by atoms with van der Waals surface area (Å²) in [5.74, 6) is -0.397. The molecular formula is C33H29N3O5S. The molecular weight excluding hydrogens is 550 g/mol. The molecule has 0 saturated heterocycles. The lowest BCUT2D eigenvalue weighted by atomic mass is 10.1. The molecule has 1 heterocycles. The number of nitrogens with zero attached hydrogens (tertiary/aromatic N) is 1. The third-order valence-electron chi connectivity index (χ3n) is 6.69. The van der Waals surface area contributed by atoms with Gasteiger partial charge in [0.15, 0.2) is 0 Å². The van der Waals surface area contributed by atoms with E-state index in [4.69, 9.17) is 4.74 Å². The predicted molar refractivity (Wildman–Crippen MR) is 165 cm³/mol. The number of rotatable bonds is 9. The van der Waals surface area contributed by atoms with Gasteiger partial charge in [-0.15, -0.1) is 11.8 Å². The number of nitrogens with one attached hydrogen (secondary N) is 2. The van der Waals surface area contributed by atoms with Crippen molar-refractivity contribution in [2.45, 2.75) is 11.3 Å². The number of amides is 3. The second-order valence-corrected chi connectivity index (χ2v) is 10.5. The average molecular weight is 580 g/mol. The van der Waals surface area contributed by atoms with Crippen molar-refractivity contribution in [3.05, 3.63) is 119 Å². The van der Waals surface area contributed by atoms with E-state index < -0.39 is 11.8 Å². The van der Waals surface area contributed by atoms with Crippen molar-refractivity contribution in [1.82, 2.24) is 5.32 Å².